The standard InChI is InChI=1S/C24H31/c1-2-3-7-21-12-16-23(17-13-21)24-18-14-22(15-19-24)11-10-20-8-5-4-6-9-20/h4,12-20H,2-3,5-11H2,1H3. The molecule has 0 nitrogen and oxygen atoms in total. The van der Waals surface area contributed by atoms with Gasteiger partial charge < -0.3 is 0 Å². The molecule has 0 atom stereocenters. The molecule has 0 saturated heterocycles. The maximum atomic E-state index is 2.46. The third kappa shape index (κ3) is 4.97. The van der Waals surface area contributed by atoms with E-state index in [1.807, 2.05) is 0 Å². The average Bonchev–Trinajstić information content (AvgIpc) is 2.66. The minimum Gasteiger partial charge on any atom is -0.0654 e. The van der Waals surface area contributed by atoms with Crippen LogP contribution in [0.2, 0.25) is 0 Å². The van der Waals surface area contributed by atoms with Crippen molar-refractivity contribution in [1.29, 1.82) is 0 Å². The molecule has 1 aliphatic carbocycles. The van der Waals surface area contributed by atoms with Crippen molar-refractivity contribution in [2.24, 2.45) is 5.92 Å². The summed E-state index contributed by atoms with van der Waals surface area (Å²) in [6, 6.07) is 18.4. The molecule has 0 heteroatoms. The molecule has 0 bridgehead atoms. The molecular weight excluding hydrogens is 288 g/mol. The van der Waals surface area contributed by atoms with E-state index < -0.39 is 0 Å². The zero-order chi connectivity index (χ0) is 16.6. The lowest BCUT2D eigenvalue weighted by Gasteiger charge is -2.21. The van der Waals surface area contributed by atoms with Gasteiger partial charge in [-0.3, -0.25) is 0 Å². The Kier molecular flexibility index (Phi) is 6.52. The third-order valence-electron chi connectivity index (χ3n) is 5.46. The molecule has 1 fully saturated rings. The van der Waals surface area contributed by atoms with Gasteiger partial charge in [0.15, 0.2) is 0 Å². The van der Waals surface area contributed by atoms with Crippen LogP contribution in [-0.4, -0.2) is 0 Å². The van der Waals surface area contributed by atoms with Crippen molar-refractivity contribution in [3.63, 3.8) is 0 Å². The highest BCUT2D eigenvalue weighted by Crippen LogP contribution is 2.27. The first-order valence-electron chi connectivity index (χ1n) is 9.85. The van der Waals surface area contributed by atoms with Gasteiger partial charge in [-0.25, -0.2) is 0 Å². The Morgan fingerprint density at radius 2 is 1.29 bits per heavy atom. The molecule has 0 aliphatic heterocycles. The fourth-order valence-electron chi connectivity index (χ4n) is 3.76. The quantitative estimate of drug-likeness (QED) is 0.514. The van der Waals surface area contributed by atoms with Crippen LogP contribution in [0.4, 0.5) is 0 Å². The average molecular weight is 320 g/mol. The van der Waals surface area contributed by atoms with Crippen LogP contribution in [0.3, 0.4) is 0 Å². The number of hydrogen-bond donors (Lipinski definition) is 0. The summed E-state index contributed by atoms with van der Waals surface area (Å²) in [7, 11) is 0. The molecule has 2 aromatic rings. The molecule has 1 aliphatic rings. The van der Waals surface area contributed by atoms with Gasteiger partial charge in [0, 0.05) is 0 Å². The Labute approximate surface area is 148 Å². The summed E-state index contributed by atoms with van der Waals surface area (Å²) in [4.78, 5) is 0. The van der Waals surface area contributed by atoms with E-state index in [2.05, 4.69) is 61.9 Å². The van der Waals surface area contributed by atoms with Crippen molar-refractivity contribution in [3.05, 3.63) is 66.1 Å². The summed E-state index contributed by atoms with van der Waals surface area (Å²) < 4.78 is 0. The number of unbranched alkanes of at least 4 members (excludes halogenated alkanes) is 1. The van der Waals surface area contributed by atoms with Crippen LogP contribution < -0.4 is 0 Å². The van der Waals surface area contributed by atoms with Crippen LogP contribution in [0.1, 0.15) is 63.0 Å². The first-order valence-corrected chi connectivity index (χ1v) is 9.85. The van der Waals surface area contributed by atoms with Gasteiger partial charge in [0.25, 0.3) is 0 Å². The summed E-state index contributed by atoms with van der Waals surface area (Å²) in [6.07, 6.45) is 14.3. The van der Waals surface area contributed by atoms with Gasteiger partial charge in [-0.2, -0.15) is 0 Å². The van der Waals surface area contributed by atoms with Crippen LogP contribution in [0.15, 0.2) is 48.5 Å². The molecular formula is C24H31. The molecule has 0 aromatic heterocycles. The number of rotatable bonds is 7. The molecule has 0 unspecified atom stereocenters. The predicted octanol–water partition coefficient (Wildman–Crippen LogP) is 7.02. The highest BCUT2D eigenvalue weighted by atomic mass is 14.2. The van der Waals surface area contributed by atoms with Gasteiger partial charge in [-0.15, -0.1) is 0 Å². The molecule has 0 amide bonds. The Hall–Kier alpha value is -1.56. The topological polar surface area (TPSA) is 0 Å². The van der Waals surface area contributed by atoms with Crippen molar-refractivity contribution >= 4 is 0 Å². The van der Waals surface area contributed by atoms with E-state index in [4.69, 9.17) is 0 Å². The van der Waals surface area contributed by atoms with Crippen LogP contribution in [0.25, 0.3) is 11.1 Å². The van der Waals surface area contributed by atoms with Gasteiger partial charge in [0.05, 0.1) is 0 Å². The first-order chi connectivity index (χ1) is 11.8. The molecule has 1 saturated carbocycles. The minimum atomic E-state index is 0.949. The highest BCUT2D eigenvalue weighted by molar-refractivity contribution is 5.63. The van der Waals surface area contributed by atoms with E-state index in [0.717, 1.165) is 5.92 Å². The molecule has 3 rings (SSSR count). The maximum absolute atomic E-state index is 2.46. The van der Waals surface area contributed by atoms with Crippen molar-refractivity contribution in [3.8, 4) is 11.1 Å². The smallest absolute Gasteiger partial charge is 0.0184 e. The van der Waals surface area contributed by atoms with Crippen molar-refractivity contribution in [2.45, 2.75) is 64.7 Å². The van der Waals surface area contributed by atoms with Crippen molar-refractivity contribution in [2.75, 3.05) is 0 Å². The van der Waals surface area contributed by atoms with Gasteiger partial charge in [0.1, 0.15) is 0 Å². The van der Waals surface area contributed by atoms with Gasteiger partial charge >= 0.3 is 0 Å². The zero-order valence-corrected chi connectivity index (χ0v) is 15.1. The maximum Gasteiger partial charge on any atom is -0.0184 e. The van der Waals surface area contributed by atoms with E-state index >= 15 is 0 Å². The SMILES string of the molecule is CCCCc1ccc(-c2ccc(CCC3CC[CH]CC3)cc2)cc1. The van der Waals surface area contributed by atoms with E-state index in [1.54, 1.807) is 0 Å². The lowest BCUT2D eigenvalue weighted by molar-refractivity contribution is 0.381. The summed E-state index contributed by atoms with van der Waals surface area (Å²) in [5.74, 6) is 0.949. The van der Waals surface area contributed by atoms with Crippen molar-refractivity contribution < 1.29 is 0 Å². The molecule has 0 N–H and O–H groups in total. The molecule has 24 heavy (non-hydrogen) atoms. The summed E-state index contributed by atoms with van der Waals surface area (Å²) in [5.41, 5.74) is 5.63. The highest BCUT2D eigenvalue weighted by Gasteiger charge is 2.13. The minimum absolute atomic E-state index is 0.949. The molecule has 0 heterocycles. The molecule has 1 radical (unpaired) electrons. The second kappa shape index (κ2) is 9.06. The fraction of sp³-hybridized carbons (Fsp3) is 0.458. The number of benzene rings is 2. The monoisotopic (exact) mass is 319 g/mol. The molecule has 2 aromatic carbocycles. The second-order valence-electron chi connectivity index (χ2n) is 7.35. The lowest BCUT2D eigenvalue weighted by Crippen LogP contribution is -2.07. The van der Waals surface area contributed by atoms with Crippen LogP contribution in [-0.2, 0) is 12.8 Å². The molecule has 127 valence electrons. The zero-order valence-electron chi connectivity index (χ0n) is 15.1. The summed E-state index contributed by atoms with van der Waals surface area (Å²) >= 11 is 0. The van der Waals surface area contributed by atoms with Crippen LogP contribution >= 0.6 is 0 Å². The summed E-state index contributed by atoms with van der Waals surface area (Å²) in [6.45, 7) is 2.25. The predicted molar refractivity (Wildman–Crippen MR) is 105 cm³/mol. The molecule has 0 spiro atoms. The first kappa shape index (κ1) is 17.3. The Balaban J connectivity index is 1.55. The summed E-state index contributed by atoms with van der Waals surface area (Å²) in [5, 5.41) is 0. The second-order valence-corrected chi connectivity index (χ2v) is 7.35. The Morgan fingerprint density at radius 1 is 0.750 bits per heavy atom. The van der Waals surface area contributed by atoms with Crippen LogP contribution in [0, 0.1) is 12.3 Å². The van der Waals surface area contributed by atoms with E-state index in [0.29, 0.717) is 0 Å². The Bertz CT molecular complexity index is 585. The van der Waals surface area contributed by atoms with Crippen molar-refractivity contribution in [1.82, 2.24) is 0 Å². The lowest BCUT2D eigenvalue weighted by atomic mass is 9.85. The fourth-order valence-corrected chi connectivity index (χ4v) is 3.76. The number of aryl methyl sites for hydroxylation is 2. The van der Waals surface area contributed by atoms with Gasteiger partial charge in [-0.1, -0.05) is 74.7 Å². The van der Waals surface area contributed by atoms with E-state index in [9.17, 15) is 0 Å². The number of hydrogen-bond acceptors (Lipinski definition) is 0. The third-order valence-corrected chi connectivity index (χ3v) is 5.46. The van der Waals surface area contributed by atoms with Gasteiger partial charge in [0.2, 0.25) is 0 Å². The van der Waals surface area contributed by atoms with Gasteiger partial charge in [-0.05, 0) is 73.1 Å². The van der Waals surface area contributed by atoms with Crippen LogP contribution in [0.5, 0.6) is 0 Å². The van der Waals surface area contributed by atoms with E-state index in [-0.39, 0.29) is 0 Å². The Morgan fingerprint density at radius 3 is 1.83 bits per heavy atom. The largest absolute Gasteiger partial charge is 0.0654 e. The van der Waals surface area contributed by atoms with E-state index in [1.165, 1.54) is 80.0 Å². The normalized spacial score (nSPS) is 15.5.